The van der Waals surface area contributed by atoms with E-state index >= 15 is 0 Å². The van der Waals surface area contributed by atoms with Crippen molar-refractivity contribution < 1.29 is 4.79 Å². The van der Waals surface area contributed by atoms with Crippen molar-refractivity contribution in [1.29, 1.82) is 0 Å². The molecule has 28 heavy (non-hydrogen) atoms. The number of pyridine rings is 1. The molecule has 4 nitrogen and oxygen atoms in total. The van der Waals surface area contributed by atoms with Crippen LogP contribution < -0.4 is 5.32 Å². The number of ketones is 1. The summed E-state index contributed by atoms with van der Waals surface area (Å²) in [6, 6.07) is 8.47. The van der Waals surface area contributed by atoms with Crippen molar-refractivity contribution in [2.24, 2.45) is 10.9 Å². The first kappa shape index (κ1) is 21.0. The second-order valence-electron chi connectivity index (χ2n) is 7.47. The molecule has 0 bridgehead atoms. The molecule has 1 N–H and O–H groups in total. The molecule has 0 fully saturated rings. The van der Waals surface area contributed by atoms with Gasteiger partial charge in [-0.15, -0.1) is 0 Å². The lowest BCUT2D eigenvalue weighted by atomic mass is 10.0. The Balaban J connectivity index is 1.87. The summed E-state index contributed by atoms with van der Waals surface area (Å²) < 4.78 is 1.11. The van der Waals surface area contributed by atoms with Crippen LogP contribution in [-0.4, -0.2) is 16.6 Å². The van der Waals surface area contributed by atoms with Gasteiger partial charge in [-0.2, -0.15) is 0 Å². The van der Waals surface area contributed by atoms with Gasteiger partial charge in [0, 0.05) is 16.8 Å². The number of aliphatic imine (C=N–C) groups is 1. The number of nitrogens with one attached hydrogen (secondary N) is 1. The van der Waals surface area contributed by atoms with Gasteiger partial charge in [0.1, 0.15) is 17.2 Å². The number of nitrogens with zero attached hydrogens (tertiary/aromatic N) is 2. The smallest absolute Gasteiger partial charge is 0.183 e. The average molecular weight is 463 g/mol. The number of aryl methyl sites for hydroxylation is 2. The van der Waals surface area contributed by atoms with Gasteiger partial charge in [0.2, 0.25) is 0 Å². The van der Waals surface area contributed by atoms with Crippen LogP contribution in [0.4, 0.5) is 5.69 Å². The van der Waals surface area contributed by atoms with Gasteiger partial charge in [0.15, 0.2) is 10.9 Å². The minimum absolute atomic E-state index is 0.0110. The number of carbonyl (C=O) groups is 1. The summed E-state index contributed by atoms with van der Waals surface area (Å²) in [6.45, 7) is 7.70. The SMILES string of the molecule is CCC(=Nc1c(C)cc(C(=O)C(C)C)nc1Cl)NC1CCc2cc(Br)ccc21. The Hall–Kier alpha value is -1.72. The summed E-state index contributed by atoms with van der Waals surface area (Å²) in [6.07, 6.45) is 2.85. The average Bonchev–Trinajstić information content (AvgIpc) is 3.04. The van der Waals surface area contributed by atoms with Crippen LogP contribution in [0.15, 0.2) is 33.7 Å². The molecule has 1 atom stereocenters. The molecule has 0 saturated carbocycles. The van der Waals surface area contributed by atoms with Gasteiger partial charge >= 0.3 is 0 Å². The van der Waals surface area contributed by atoms with E-state index in [1.54, 1.807) is 6.07 Å². The maximum Gasteiger partial charge on any atom is 0.183 e. The molecule has 6 heteroatoms. The summed E-state index contributed by atoms with van der Waals surface area (Å²) in [5.74, 6) is 0.742. The molecule has 1 aliphatic rings. The molecule has 1 aromatic heterocycles. The van der Waals surface area contributed by atoms with E-state index in [4.69, 9.17) is 16.6 Å². The van der Waals surface area contributed by atoms with E-state index in [-0.39, 0.29) is 22.9 Å². The normalized spacial score (nSPS) is 16.4. The molecular formula is C22H25BrClN3O. The molecule has 1 heterocycles. The third kappa shape index (κ3) is 4.47. The van der Waals surface area contributed by atoms with Crippen LogP contribution in [0, 0.1) is 12.8 Å². The van der Waals surface area contributed by atoms with Crippen LogP contribution in [0.3, 0.4) is 0 Å². The van der Waals surface area contributed by atoms with E-state index in [1.165, 1.54) is 11.1 Å². The lowest BCUT2D eigenvalue weighted by molar-refractivity contribution is 0.0934. The predicted octanol–water partition coefficient (Wildman–Crippen LogP) is 6.36. The van der Waals surface area contributed by atoms with Gasteiger partial charge in [-0.1, -0.05) is 54.4 Å². The summed E-state index contributed by atoms with van der Waals surface area (Å²) in [5, 5.41) is 3.85. The highest BCUT2D eigenvalue weighted by molar-refractivity contribution is 9.10. The number of hydrogen-bond acceptors (Lipinski definition) is 3. The maximum atomic E-state index is 12.2. The fourth-order valence-electron chi connectivity index (χ4n) is 3.47. The van der Waals surface area contributed by atoms with Gasteiger partial charge in [0.05, 0.1) is 6.04 Å². The molecule has 0 saturated heterocycles. The second kappa shape index (κ2) is 8.75. The van der Waals surface area contributed by atoms with E-state index in [0.29, 0.717) is 11.4 Å². The Morgan fingerprint density at radius 1 is 1.39 bits per heavy atom. The molecule has 1 unspecified atom stereocenters. The highest BCUT2D eigenvalue weighted by Gasteiger charge is 2.23. The van der Waals surface area contributed by atoms with Crippen LogP contribution in [-0.2, 0) is 6.42 Å². The van der Waals surface area contributed by atoms with E-state index in [9.17, 15) is 4.79 Å². The number of rotatable bonds is 5. The molecule has 148 valence electrons. The highest BCUT2D eigenvalue weighted by atomic mass is 79.9. The van der Waals surface area contributed by atoms with Crippen molar-refractivity contribution in [3.05, 3.63) is 56.3 Å². The summed E-state index contributed by atoms with van der Waals surface area (Å²) in [7, 11) is 0. The third-order valence-corrected chi connectivity index (χ3v) is 5.78. The Kier molecular flexibility index (Phi) is 6.56. The number of carbonyl (C=O) groups excluding carboxylic acids is 1. The largest absolute Gasteiger partial charge is 0.367 e. The first-order valence-corrected chi connectivity index (χ1v) is 10.8. The molecule has 0 spiro atoms. The van der Waals surface area contributed by atoms with Gasteiger partial charge in [-0.3, -0.25) is 4.79 Å². The number of benzene rings is 1. The predicted molar refractivity (Wildman–Crippen MR) is 119 cm³/mol. The minimum atomic E-state index is -0.118. The van der Waals surface area contributed by atoms with Gasteiger partial charge < -0.3 is 5.32 Å². The van der Waals surface area contributed by atoms with Crippen LogP contribution >= 0.6 is 27.5 Å². The number of Topliss-reactive ketones (excluding diaryl/α,β-unsaturated/α-hetero) is 1. The zero-order valence-electron chi connectivity index (χ0n) is 16.6. The monoisotopic (exact) mass is 461 g/mol. The first-order chi connectivity index (χ1) is 13.3. The molecule has 0 aliphatic heterocycles. The Bertz CT molecular complexity index is 916. The van der Waals surface area contributed by atoms with Crippen LogP contribution in [0.2, 0.25) is 5.15 Å². The van der Waals surface area contributed by atoms with Crippen molar-refractivity contribution >= 4 is 44.8 Å². The standard InChI is InChI=1S/C22H25BrClN3O/c1-5-19(25-17-9-6-14-11-15(23)7-8-16(14)17)27-20-13(4)10-18(26-22(20)24)21(28)12(2)3/h7-8,10-12,17H,5-6,9H2,1-4H3,(H,25,27). The van der Waals surface area contributed by atoms with Crippen LogP contribution in [0.5, 0.6) is 0 Å². The summed E-state index contributed by atoms with van der Waals surface area (Å²) in [5.41, 5.74) is 4.57. The van der Waals surface area contributed by atoms with E-state index in [1.807, 2.05) is 20.8 Å². The summed E-state index contributed by atoms with van der Waals surface area (Å²) in [4.78, 5) is 21.3. The fourth-order valence-corrected chi connectivity index (χ4v) is 4.16. The van der Waals surface area contributed by atoms with Crippen molar-refractivity contribution in [3.63, 3.8) is 0 Å². The topological polar surface area (TPSA) is 54.4 Å². The van der Waals surface area contributed by atoms with E-state index in [0.717, 1.165) is 35.1 Å². The van der Waals surface area contributed by atoms with Crippen molar-refractivity contribution in [1.82, 2.24) is 10.3 Å². The third-order valence-electron chi connectivity index (χ3n) is 5.02. The van der Waals surface area contributed by atoms with Crippen LogP contribution in [0.1, 0.15) is 66.8 Å². The molecule has 1 aromatic carbocycles. The number of fused-ring (bicyclic) bond motifs is 1. The molecule has 3 rings (SSSR count). The van der Waals surface area contributed by atoms with Gasteiger partial charge in [-0.05, 0) is 54.7 Å². The van der Waals surface area contributed by atoms with E-state index in [2.05, 4.69) is 51.4 Å². The number of halogens is 2. The van der Waals surface area contributed by atoms with Crippen molar-refractivity contribution in [2.75, 3.05) is 0 Å². The molecule has 1 aliphatic carbocycles. The minimum Gasteiger partial charge on any atom is -0.367 e. The summed E-state index contributed by atoms with van der Waals surface area (Å²) >= 11 is 9.94. The lowest BCUT2D eigenvalue weighted by Crippen LogP contribution is -2.26. The maximum absolute atomic E-state index is 12.2. The molecule has 2 aromatic rings. The van der Waals surface area contributed by atoms with Crippen molar-refractivity contribution in [2.45, 2.75) is 53.0 Å². The Labute approximate surface area is 179 Å². The van der Waals surface area contributed by atoms with Gasteiger partial charge in [0.25, 0.3) is 0 Å². The Morgan fingerprint density at radius 2 is 2.14 bits per heavy atom. The molecule has 0 amide bonds. The van der Waals surface area contributed by atoms with Crippen LogP contribution in [0.25, 0.3) is 0 Å². The zero-order valence-corrected chi connectivity index (χ0v) is 19.0. The number of amidine groups is 1. The quantitative estimate of drug-likeness (QED) is 0.243. The molecule has 0 radical (unpaired) electrons. The number of hydrogen-bond donors (Lipinski definition) is 1. The van der Waals surface area contributed by atoms with Gasteiger partial charge in [-0.25, -0.2) is 9.98 Å². The second-order valence-corrected chi connectivity index (χ2v) is 8.75. The Morgan fingerprint density at radius 3 is 2.79 bits per heavy atom. The lowest BCUT2D eigenvalue weighted by Gasteiger charge is -2.17. The van der Waals surface area contributed by atoms with Crippen molar-refractivity contribution in [3.8, 4) is 0 Å². The fraction of sp³-hybridized carbons (Fsp3) is 0.409. The number of aromatic nitrogens is 1. The first-order valence-electron chi connectivity index (χ1n) is 9.64. The van der Waals surface area contributed by atoms with E-state index < -0.39 is 0 Å². The highest BCUT2D eigenvalue weighted by Crippen LogP contribution is 2.34. The zero-order chi connectivity index (χ0) is 20.4. The molecular weight excluding hydrogens is 438 g/mol.